The van der Waals surface area contributed by atoms with Crippen molar-refractivity contribution in [2.24, 2.45) is 0 Å². The highest BCUT2D eigenvalue weighted by Gasteiger charge is 2.13. The van der Waals surface area contributed by atoms with Crippen LogP contribution in [0.3, 0.4) is 0 Å². The first-order valence-electron chi connectivity index (χ1n) is 3.52. The Balaban J connectivity index is 2.67. The van der Waals surface area contributed by atoms with E-state index in [4.69, 9.17) is 0 Å². The second kappa shape index (κ2) is 4.15. The third-order valence-corrected chi connectivity index (χ3v) is 2.18. The van der Waals surface area contributed by atoms with Gasteiger partial charge < -0.3 is 0 Å². The molecule has 0 atom stereocenters. The molecule has 0 saturated heterocycles. The number of hydrogen-bond acceptors (Lipinski definition) is 5. The Morgan fingerprint density at radius 1 is 1.69 bits per heavy atom. The molecule has 1 aromatic heterocycles. The number of nitrogens with zero attached hydrogens (tertiary/aromatic N) is 3. The molecule has 6 nitrogen and oxygen atoms in total. The van der Waals surface area contributed by atoms with Crippen molar-refractivity contribution in [3.8, 4) is 0 Å². The number of anilines is 1. The number of nitrogens with one attached hydrogen (secondary N) is 1. The van der Waals surface area contributed by atoms with Crippen LogP contribution in [0, 0.1) is 6.92 Å². The maximum Gasteiger partial charge on any atom is 0.347 e. The van der Waals surface area contributed by atoms with Crippen LogP contribution in [0.4, 0.5) is 9.93 Å². The molecule has 0 radical (unpaired) electrons. The van der Waals surface area contributed by atoms with Gasteiger partial charge in [0, 0.05) is 18.6 Å². The smallest absolute Gasteiger partial charge is 0.275 e. The summed E-state index contributed by atoms with van der Waals surface area (Å²) in [7, 11) is 2.96. The van der Waals surface area contributed by atoms with Crippen LogP contribution in [-0.2, 0) is 4.84 Å². The van der Waals surface area contributed by atoms with Gasteiger partial charge in [0.05, 0.1) is 7.11 Å². The average molecular weight is 202 g/mol. The molecule has 0 aromatic carbocycles. The van der Waals surface area contributed by atoms with Gasteiger partial charge >= 0.3 is 6.03 Å². The van der Waals surface area contributed by atoms with E-state index in [2.05, 4.69) is 19.7 Å². The third-order valence-electron chi connectivity index (χ3n) is 1.30. The lowest BCUT2D eigenvalue weighted by Crippen LogP contribution is -2.36. The molecule has 0 aliphatic rings. The number of carbonyl (C=O) groups is 1. The number of aryl methyl sites for hydroxylation is 1. The molecule has 1 N–H and O–H groups in total. The van der Waals surface area contributed by atoms with Crippen molar-refractivity contribution in [2.45, 2.75) is 6.92 Å². The minimum atomic E-state index is -0.376. The van der Waals surface area contributed by atoms with E-state index < -0.39 is 0 Å². The van der Waals surface area contributed by atoms with E-state index in [1.807, 2.05) is 0 Å². The van der Waals surface area contributed by atoms with Gasteiger partial charge in [0.1, 0.15) is 5.82 Å². The summed E-state index contributed by atoms with van der Waals surface area (Å²) in [5, 5.41) is 0.534. The van der Waals surface area contributed by atoms with E-state index in [9.17, 15) is 4.79 Å². The van der Waals surface area contributed by atoms with E-state index >= 15 is 0 Å². The lowest BCUT2D eigenvalue weighted by atomic mass is 10.7. The van der Waals surface area contributed by atoms with Gasteiger partial charge in [0.2, 0.25) is 5.13 Å². The van der Waals surface area contributed by atoms with Crippen molar-refractivity contribution in [3.63, 3.8) is 0 Å². The fourth-order valence-electron chi connectivity index (χ4n) is 0.665. The molecule has 1 rings (SSSR count). The largest absolute Gasteiger partial charge is 0.347 e. The van der Waals surface area contributed by atoms with Crippen LogP contribution >= 0.6 is 11.5 Å². The van der Waals surface area contributed by atoms with Gasteiger partial charge in [0.25, 0.3) is 0 Å². The van der Waals surface area contributed by atoms with E-state index in [1.54, 1.807) is 14.0 Å². The summed E-state index contributed by atoms with van der Waals surface area (Å²) < 4.78 is 3.95. The van der Waals surface area contributed by atoms with Crippen LogP contribution in [0.15, 0.2) is 0 Å². The maximum atomic E-state index is 11.2. The number of hydroxylamine groups is 1. The lowest BCUT2D eigenvalue weighted by molar-refractivity contribution is 0.111. The van der Waals surface area contributed by atoms with E-state index in [0.717, 1.165) is 11.5 Å². The molecule has 1 aromatic rings. The average Bonchev–Trinajstić information content (AvgIpc) is 2.51. The van der Waals surface area contributed by atoms with Crippen molar-refractivity contribution < 1.29 is 9.63 Å². The number of hydrogen-bond donors (Lipinski definition) is 1. The Morgan fingerprint density at radius 3 is 2.85 bits per heavy atom. The summed E-state index contributed by atoms with van der Waals surface area (Å²) >= 11 is 1.16. The molecule has 0 unspecified atom stereocenters. The van der Waals surface area contributed by atoms with Crippen LogP contribution in [0.5, 0.6) is 0 Å². The standard InChI is InChI=1S/C6H10N4O2S/c1-4-7-6(13-9-4)10(2)5(11)8-12-3/h1-3H3,(H,8,11). The first-order chi connectivity index (χ1) is 6.15. The SMILES string of the molecule is CONC(=O)N(C)c1nc(C)ns1. The van der Waals surface area contributed by atoms with E-state index in [-0.39, 0.29) is 6.03 Å². The third kappa shape index (κ3) is 2.36. The fourth-order valence-corrected chi connectivity index (χ4v) is 1.30. The first kappa shape index (κ1) is 9.87. The number of carbonyl (C=O) groups excluding carboxylic acids is 1. The van der Waals surface area contributed by atoms with Crippen molar-refractivity contribution >= 4 is 22.7 Å². The van der Waals surface area contributed by atoms with Crippen LogP contribution in [0.1, 0.15) is 5.82 Å². The quantitative estimate of drug-likeness (QED) is 0.711. The highest BCUT2D eigenvalue weighted by Crippen LogP contribution is 2.14. The summed E-state index contributed by atoms with van der Waals surface area (Å²) in [4.78, 5) is 21.0. The Morgan fingerprint density at radius 2 is 2.38 bits per heavy atom. The second-order valence-corrected chi connectivity index (χ2v) is 3.02. The summed E-state index contributed by atoms with van der Waals surface area (Å²) in [5.74, 6) is 0.650. The lowest BCUT2D eigenvalue weighted by Gasteiger charge is -2.12. The summed E-state index contributed by atoms with van der Waals surface area (Å²) in [6, 6.07) is -0.376. The molecule has 0 fully saturated rings. The zero-order valence-electron chi connectivity index (χ0n) is 7.57. The van der Waals surface area contributed by atoms with E-state index in [1.165, 1.54) is 12.0 Å². The normalized spacial score (nSPS) is 9.77. The van der Waals surface area contributed by atoms with Crippen LogP contribution in [-0.4, -0.2) is 29.5 Å². The highest BCUT2D eigenvalue weighted by molar-refractivity contribution is 7.09. The molecular formula is C6H10N4O2S. The predicted molar refractivity (Wildman–Crippen MR) is 48.6 cm³/mol. The molecule has 0 spiro atoms. The molecule has 2 amide bonds. The van der Waals surface area contributed by atoms with Gasteiger partial charge in [-0.25, -0.2) is 15.3 Å². The monoisotopic (exact) mass is 202 g/mol. The molecule has 0 aliphatic heterocycles. The van der Waals surface area contributed by atoms with Crippen molar-refractivity contribution in [3.05, 3.63) is 5.82 Å². The second-order valence-electron chi connectivity index (χ2n) is 2.29. The van der Waals surface area contributed by atoms with Crippen molar-refractivity contribution in [1.29, 1.82) is 0 Å². The number of rotatable bonds is 2. The van der Waals surface area contributed by atoms with Crippen LogP contribution in [0.25, 0.3) is 0 Å². The van der Waals surface area contributed by atoms with Gasteiger partial charge in [-0.1, -0.05) is 0 Å². The zero-order valence-corrected chi connectivity index (χ0v) is 8.38. The zero-order chi connectivity index (χ0) is 9.84. The maximum absolute atomic E-state index is 11.2. The van der Waals surface area contributed by atoms with Crippen LogP contribution in [0.2, 0.25) is 0 Å². The molecule has 72 valence electrons. The number of urea groups is 1. The molecule has 0 bridgehead atoms. The topological polar surface area (TPSA) is 67.3 Å². The van der Waals surface area contributed by atoms with Crippen molar-refractivity contribution in [2.75, 3.05) is 19.1 Å². The van der Waals surface area contributed by atoms with Crippen LogP contribution < -0.4 is 10.4 Å². The first-order valence-corrected chi connectivity index (χ1v) is 4.29. The predicted octanol–water partition coefficient (Wildman–Crippen LogP) is 0.554. The Kier molecular flexibility index (Phi) is 3.15. The molecular weight excluding hydrogens is 192 g/mol. The summed E-state index contributed by atoms with van der Waals surface area (Å²) in [5.41, 5.74) is 2.18. The van der Waals surface area contributed by atoms with Crippen molar-refractivity contribution in [1.82, 2.24) is 14.8 Å². The van der Waals surface area contributed by atoms with Gasteiger partial charge in [-0.15, -0.1) is 0 Å². The highest BCUT2D eigenvalue weighted by atomic mass is 32.1. The van der Waals surface area contributed by atoms with E-state index in [0.29, 0.717) is 11.0 Å². The van der Waals surface area contributed by atoms with Gasteiger partial charge in [0.15, 0.2) is 0 Å². The minimum Gasteiger partial charge on any atom is -0.275 e. The number of amides is 2. The molecule has 1 heterocycles. The summed E-state index contributed by atoms with van der Waals surface area (Å²) in [6.45, 7) is 1.77. The molecule has 7 heteroatoms. The molecule has 0 aliphatic carbocycles. The molecule has 13 heavy (non-hydrogen) atoms. The molecule has 0 saturated carbocycles. The van der Waals surface area contributed by atoms with Gasteiger partial charge in [-0.2, -0.15) is 4.37 Å². The Hall–Kier alpha value is -1.21. The summed E-state index contributed by atoms with van der Waals surface area (Å²) in [6.07, 6.45) is 0. The minimum absolute atomic E-state index is 0.376. The van der Waals surface area contributed by atoms with Gasteiger partial charge in [-0.3, -0.25) is 9.74 Å². The van der Waals surface area contributed by atoms with Gasteiger partial charge in [-0.05, 0) is 6.92 Å². The Labute approximate surface area is 79.7 Å². The fraction of sp³-hybridized carbons (Fsp3) is 0.500. The number of aromatic nitrogens is 2. The Bertz CT molecular complexity index is 301.